The van der Waals surface area contributed by atoms with Gasteiger partial charge in [-0.05, 0) is 72.6 Å². The number of anilines is 2. The average molecular weight is 479 g/mol. The van der Waals surface area contributed by atoms with Crippen LogP contribution in [0.4, 0.5) is 24.7 Å². The van der Waals surface area contributed by atoms with Gasteiger partial charge in [0.05, 0.1) is 11.8 Å². The van der Waals surface area contributed by atoms with E-state index in [1.54, 1.807) is 6.07 Å². The first-order chi connectivity index (χ1) is 15.3. The van der Waals surface area contributed by atoms with E-state index >= 15 is 0 Å². The summed E-state index contributed by atoms with van der Waals surface area (Å²) in [5.74, 6) is -0.237. The number of aromatic nitrogens is 2. The van der Waals surface area contributed by atoms with Crippen LogP contribution < -0.4 is 10.2 Å². The van der Waals surface area contributed by atoms with Gasteiger partial charge in [0.25, 0.3) is 5.91 Å². The summed E-state index contributed by atoms with van der Waals surface area (Å²) in [6, 6.07) is 8.90. The van der Waals surface area contributed by atoms with Crippen LogP contribution in [0.25, 0.3) is 11.1 Å². The lowest BCUT2D eigenvalue weighted by atomic mass is 10.1. The van der Waals surface area contributed by atoms with Crippen molar-refractivity contribution in [3.05, 3.63) is 66.4 Å². The largest absolute Gasteiger partial charge is 0.375 e. The molecule has 3 heterocycles. The second kappa shape index (κ2) is 9.38. The highest BCUT2D eigenvalue weighted by Gasteiger charge is 2.26. The molecule has 10 heteroatoms. The Labute approximate surface area is 192 Å². The number of hydrogen-bond donors (Lipinski definition) is 1. The fraction of sp³-hybridized carbons (Fsp3) is 0.227. The number of rotatable bonds is 6. The summed E-state index contributed by atoms with van der Waals surface area (Å²) in [5.41, 5.74) is 1.84. The third-order valence-corrected chi connectivity index (χ3v) is 5.87. The molecule has 0 radical (unpaired) electrons. The van der Waals surface area contributed by atoms with Crippen LogP contribution in [0.1, 0.15) is 23.2 Å². The van der Waals surface area contributed by atoms with Crippen LogP contribution in [0.3, 0.4) is 0 Å². The fourth-order valence-corrected chi connectivity index (χ4v) is 4.28. The topological polar surface area (TPSA) is 58.1 Å². The Balaban J connectivity index is 1.59. The van der Waals surface area contributed by atoms with E-state index in [2.05, 4.69) is 20.2 Å². The molecule has 5 nitrogen and oxygen atoms in total. The maximum atomic E-state index is 13.8. The summed E-state index contributed by atoms with van der Waals surface area (Å²) >= 11 is 5.14. The lowest BCUT2D eigenvalue weighted by Gasteiger charge is -2.20. The highest BCUT2D eigenvalue weighted by molar-refractivity contribution is 8.01. The first-order valence-corrected chi connectivity index (χ1v) is 11.0. The number of carbonyl (C=O) groups is 1. The van der Waals surface area contributed by atoms with Gasteiger partial charge in [-0.25, -0.2) is 9.37 Å². The van der Waals surface area contributed by atoms with Gasteiger partial charge in [0.1, 0.15) is 11.6 Å². The molecule has 0 unspecified atom stereocenters. The van der Waals surface area contributed by atoms with Crippen molar-refractivity contribution in [1.29, 1.82) is 0 Å². The van der Waals surface area contributed by atoms with Gasteiger partial charge in [0, 0.05) is 47.2 Å². The van der Waals surface area contributed by atoms with Crippen LogP contribution in [0.2, 0.25) is 0 Å². The highest BCUT2D eigenvalue weighted by atomic mass is 35.5. The van der Waals surface area contributed by atoms with Crippen molar-refractivity contribution < 1.29 is 18.0 Å². The maximum absolute atomic E-state index is 13.8. The summed E-state index contributed by atoms with van der Waals surface area (Å²) < 4.78 is 36.2. The standard InChI is InChI=1S/C22H18ClF3N4OS/c23-22(25,26)32-18-5-3-17(4-6-18)29-21(31)15-10-19(14-9-16(24)13-27-11-14)20(28-12-15)30-7-1-2-8-30/h3-6,9-13H,1-2,7-8H2,(H,29,31). The van der Waals surface area contributed by atoms with Crippen LogP contribution in [-0.2, 0) is 0 Å². The van der Waals surface area contributed by atoms with E-state index in [4.69, 9.17) is 11.6 Å². The molecule has 166 valence electrons. The van der Waals surface area contributed by atoms with Crippen molar-refractivity contribution in [2.45, 2.75) is 22.5 Å². The Kier molecular flexibility index (Phi) is 6.57. The highest BCUT2D eigenvalue weighted by Crippen LogP contribution is 2.39. The van der Waals surface area contributed by atoms with Gasteiger partial charge in [-0.1, -0.05) is 0 Å². The van der Waals surface area contributed by atoms with E-state index < -0.39 is 16.4 Å². The molecule has 0 aliphatic carbocycles. The first-order valence-electron chi connectivity index (χ1n) is 9.81. The maximum Gasteiger partial charge on any atom is 0.375 e. The van der Waals surface area contributed by atoms with Gasteiger partial charge >= 0.3 is 4.71 Å². The minimum Gasteiger partial charge on any atom is -0.356 e. The number of hydrogen-bond acceptors (Lipinski definition) is 5. The lowest BCUT2D eigenvalue weighted by molar-refractivity contribution is 0.102. The molecule has 1 N–H and O–H groups in total. The van der Waals surface area contributed by atoms with E-state index in [1.165, 1.54) is 42.7 Å². The van der Waals surface area contributed by atoms with E-state index in [0.717, 1.165) is 32.1 Å². The third-order valence-electron chi connectivity index (χ3n) is 4.90. The third kappa shape index (κ3) is 5.52. The normalized spacial score (nSPS) is 13.9. The Bertz CT molecular complexity index is 1120. The van der Waals surface area contributed by atoms with Crippen LogP contribution in [-0.4, -0.2) is 33.7 Å². The van der Waals surface area contributed by atoms with Gasteiger partial charge in [-0.15, -0.1) is 0 Å². The quantitative estimate of drug-likeness (QED) is 0.347. The molecule has 0 spiro atoms. The van der Waals surface area contributed by atoms with E-state index in [-0.39, 0.29) is 22.2 Å². The van der Waals surface area contributed by atoms with Gasteiger partial charge in [-0.2, -0.15) is 8.78 Å². The average Bonchev–Trinajstić information content (AvgIpc) is 3.28. The first kappa shape index (κ1) is 22.4. The zero-order valence-corrected chi connectivity index (χ0v) is 18.3. The van der Waals surface area contributed by atoms with Crippen molar-refractivity contribution in [2.75, 3.05) is 23.3 Å². The zero-order chi connectivity index (χ0) is 22.7. The summed E-state index contributed by atoms with van der Waals surface area (Å²) in [4.78, 5) is 23.6. The molecule has 1 saturated heterocycles. The van der Waals surface area contributed by atoms with Crippen molar-refractivity contribution in [3.8, 4) is 11.1 Å². The van der Waals surface area contributed by atoms with E-state index in [9.17, 15) is 18.0 Å². The molecule has 0 atom stereocenters. The molecule has 0 saturated carbocycles. The molecule has 1 amide bonds. The summed E-state index contributed by atoms with van der Waals surface area (Å²) in [7, 11) is 0. The van der Waals surface area contributed by atoms with E-state index in [0.29, 0.717) is 22.6 Å². The van der Waals surface area contributed by atoms with E-state index in [1.807, 2.05) is 0 Å². The molecule has 32 heavy (non-hydrogen) atoms. The van der Waals surface area contributed by atoms with Gasteiger partial charge < -0.3 is 10.2 Å². The molecule has 1 fully saturated rings. The number of nitrogens with zero attached hydrogens (tertiary/aromatic N) is 3. The molecule has 3 aromatic rings. The van der Waals surface area contributed by atoms with Gasteiger partial charge in [-0.3, -0.25) is 9.78 Å². The van der Waals surface area contributed by atoms with Crippen molar-refractivity contribution in [1.82, 2.24) is 9.97 Å². The second-order valence-corrected chi connectivity index (χ2v) is 9.09. The fourth-order valence-electron chi connectivity index (χ4n) is 3.48. The molecule has 1 aliphatic heterocycles. The molecular weight excluding hydrogens is 461 g/mol. The van der Waals surface area contributed by atoms with Crippen molar-refractivity contribution in [3.63, 3.8) is 0 Å². The molecule has 4 rings (SSSR count). The number of pyridine rings is 2. The summed E-state index contributed by atoms with van der Waals surface area (Å²) in [5, 5.41) is 2.72. The number of alkyl halides is 3. The molecule has 2 aromatic heterocycles. The molecular formula is C22H18ClF3N4OS. The van der Waals surface area contributed by atoms with Crippen LogP contribution in [0, 0.1) is 5.82 Å². The van der Waals surface area contributed by atoms with Gasteiger partial charge in [0.15, 0.2) is 0 Å². The number of benzene rings is 1. The molecule has 0 bridgehead atoms. The minimum atomic E-state index is -3.41. The second-order valence-electron chi connectivity index (χ2n) is 7.21. The van der Waals surface area contributed by atoms with Crippen LogP contribution >= 0.6 is 23.4 Å². The van der Waals surface area contributed by atoms with Gasteiger partial charge in [0.2, 0.25) is 0 Å². The SMILES string of the molecule is O=C(Nc1ccc(SC(F)(F)Cl)cc1)c1cnc(N2CCCC2)c(-c2cncc(F)c2)c1. The van der Waals surface area contributed by atoms with Crippen LogP contribution in [0.5, 0.6) is 0 Å². The Morgan fingerprint density at radius 2 is 1.81 bits per heavy atom. The predicted octanol–water partition coefficient (Wildman–Crippen LogP) is 6.02. The minimum absolute atomic E-state index is 0.207. The predicted molar refractivity (Wildman–Crippen MR) is 120 cm³/mol. The Hall–Kier alpha value is -2.78. The van der Waals surface area contributed by atoms with Crippen molar-refractivity contribution >= 4 is 40.8 Å². The van der Waals surface area contributed by atoms with Crippen LogP contribution in [0.15, 0.2) is 59.9 Å². The molecule has 1 aliphatic rings. The molecule has 1 aromatic carbocycles. The number of halogens is 4. The zero-order valence-electron chi connectivity index (χ0n) is 16.7. The number of carbonyl (C=O) groups excluding carboxylic acids is 1. The number of thioether (sulfide) groups is 1. The monoisotopic (exact) mass is 478 g/mol. The Morgan fingerprint density at radius 3 is 2.47 bits per heavy atom. The lowest BCUT2D eigenvalue weighted by Crippen LogP contribution is -2.21. The summed E-state index contributed by atoms with van der Waals surface area (Å²) in [6.07, 6.45) is 6.19. The smallest absolute Gasteiger partial charge is 0.356 e. The van der Waals surface area contributed by atoms with Crippen molar-refractivity contribution in [2.24, 2.45) is 0 Å². The number of nitrogens with one attached hydrogen (secondary N) is 1. The summed E-state index contributed by atoms with van der Waals surface area (Å²) in [6.45, 7) is 1.67. The Morgan fingerprint density at radius 1 is 1.09 bits per heavy atom. The number of amides is 1.